The highest BCUT2D eigenvalue weighted by molar-refractivity contribution is 9.11. The van der Waals surface area contributed by atoms with Crippen molar-refractivity contribution in [2.75, 3.05) is 43.5 Å². The summed E-state index contributed by atoms with van der Waals surface area (Å²) >= 11 is 6.93. The molecule has 1 saturated heterocycles. The molecular weight excluding hydrogens is 526 g/mol. The van der Waals surface area contributed by atoms with Gasteiger partial charge in [0.25, 0.3) is 0 Å². The van der Waals surface area contributed by atoms with Gasteiger partial charge in [-0.05, 0) is 46.3 Å². The zero-order valence-corrected chi connectivity index (χ0v) is 20.7. The molecule has 2 aromatic carbocycles. The number of benzene rings is 2. The molecule has 0 radical (unpaired) electrons. The second-order valence-corrected chi connectivity index (χ2v) is 8.84. The number of nitrogens with zero attached hydrogens (tertiary/aromatic N) is 2. The molecule has 1 fully saturated rings. The summed E-state index contributed by atoms with van der Waals surface area (Å²) in [7, 11) is 1.59. The summed E-state index contributed by atoms with van der Waals surface area (Å²) in [4.78, 5) is 28.7. The molecular formula is C23H25Br2N3O3. The molecule has 164 valence electrons. The lowest BCUT2D eigenvalue weighted by Crippen LogP contribution is -2.48. The fourth-order valence-electron chi connectivity index (χ4n) is 3.53. The number of carbonyl (C=O) groups excluding carboxylic acids is 2. The first-order valence-corrected chi connectivity index (χ1v) is 11.7. The summed E-state index contributed by atoms with van der Waals surface area (Å²) < 4.78 is 7.11. The fourth-order valence-corrected chi connectivity index (χ4v) is 4.95. The van der Waals surface area contributed by atoms with E-state index in [0.29, 0.717) is 25.3 Å². The number of halogens is 2. The number of para-hydroxylation sites is 2. The molecule has 0 atom stereocenters. The number of nitrogens with one attached hydrogen (secondary N) is 1. The molecule has 2 amide bonds. The fraction of sp³-hybridized carbons (Fsp3) is 0.304. The Labute approximate surface area is 199 Å². The highest BCUT2D eigenvalue weighted by atomic mass is 79.9. The normalized spacial score (nSPS) is 14.1. The van der Waals surface area contributed by atoms with Gasteiger partial charge in [0.1, 0.15) is 5.75 Å². The number of methoxy groups -OCH3 is 1. The number of rotatable bonds is 6. The van der Waals surface area contributed by atoms with Gasteiger partial charge in [-0.1, -0.05) is 35.0 Å². The van der Waals surface area contributed by atoms with Gasteiger partial charge >= 0.3 is 0 Å². The van der Waals surface area contributed by atoms with E-state index in [2.05, 4.69) is 42.1 Å². The van der Waals surface area contributed by atoms with Gasteiger partial charge in [0, 0.05) is 48.7 Å². The van der Waals surface area contributed by atoms with Gasteiger partial charge in [-0.2, -0.15) is 0 Å². The van der Waals surface area contributed by atoms with Gasteiger partial charge < -0.3 is 19.9 Å². The van der Waals surface area contributed by atoms with Crippen LogP contribution in [0.5, 0.6) is 5.75 Å². The van der Waals surface area contributed by atoms with Crippen LogP contribution in [0.15, 0.2) is 51.4 Å². The van der Waals surface area contributed by atoms with Crippen molar-refractivity contribution in [3.63, 3.8) is 0 Å². The van der Waals surface area contributed by atoms with Gasteiger partial charge in [-0.3, -0.25) is 9.59 Å². The quantitative estimate of drug-likeness (QED) is 0.518. The number of amides is 2. The van der Waals surface area contributed by atoms with Crippen LogP contribution in [0.1, 0.15) is 18.9 Å². The number of hydrogen-bond acceptors (Lipinski definition) is 4. The highest BCUT2D eigenvalue weighted by Crippen LogP contribution is 2.33. The van der Waals surface area contributed by atoms with Crippen molar-refractivity contribution >= 4 is 61.1 Å². The van der Waals surface area contributed by atoms with E-state index in [-0.39, 0.29) is 11.8 Å². The Morgan fingerprint density at radius 1 is 1.13 bits per heavy atom. The van der Waals surface area contributed by atoms with Crippen LogP contribution in [0.3, 0.4) is 0 Å². The Kier molecular flexibility index (Phi) is 8.15. The summed E-state index contributed by atoms with van der Waals surface area (Å²) in [5.74, 6) is 0.610. The monoisotopic (exact) mass is 549 g/mol. The van der Waals surface area contributed by atoms with Crippen molar-refractivity contribution in [3.05, 3.63) is 57.0 Å². The van der Waals surface area contributed by atoms with Gasteiger partial charge in [-0.25, -0.2) is 0 Å². The number of ether oxygens (including phenoxy) is 1. The molecule has 1 aliphatic heterocycles. The lowest BCUT2D eigenvalue weighted by molar-refractivity contribution is -0.131. The van der Waals surface area contributed by atoms with E-state index < -0.39 is 0 Å². The minimum absolute atomic E-state index is 0.181. The first kappa shape index (κ1) is 23.3. The van der Waals surface area contributed by atoms with E-state index in [1.54, 1.807) is 13.2 Å². The summed E-state index contributed by atoms with van der Waals surface area (Å²) in [6.07, 6.45) is 3.74. The van der Waals surface area contributed by atoms with Crippen molar-refractivity contribution in [2.24, 2.45) is 0 Å². The van der Waals surface area contributed by atoms with Gasteiger partial charge in [-0.15, -0.1) is 0 Å². The maximum absolute atomic E-state index is 12.6. The van der Waals surface area contributed by atoms with Crippen molar-refractivity contribution in [3.8, 4) is 5.75 Å². The molecule has 1 N–H and O–H groups in total. The van der Waals surface area contributed by atoms with E-state index in [9.17, 15) is 9.59 Å². The van der Waals surface area contributed by atoms with Gasteiger partial charge in [0.2, 0.25) is 11.8 Å². The topological polar surface area (TPSA) is 61.9 Å². The molecule has 1 heterocycles. The maximum Gasteiger partial charge on any atom is 0.248 e. The SMILES string of the molecule is CCC(=O)N1CCN(c2ccccc2NC(=O)/C=C/c2cc(Br)cc(Br)c2OC)CC1. The van der Waals surface area contributed by atoms with Gasteiger partial charge in [0.15, 0.2) is 0 Å². The minimum atomic E-state index is -0.231. The molecule has 2 aromatic rings. The van der Waals surface area contributed by atoms with E-state index in [0.717, 1.165) is 39.0 Å². The Balaban J connectivity index is 1.71. The van der Waals surface area contributed by atoms with Crippen LogP contribution in [-0.4, -0.2) is 50.0 Å². The molecule has 0 unspecified atom stereocenters. The van der Waals surface area contributed by atoms with Crippen LogP contribution < -0.4 is 15.0 Å². The molecule has 0 aromatic heterocycles. The molecule has 1 aliphatic rings. The van der Waals surface area contributed by atoms with E-state index in [4.69, 9.17) is 4.74 Å². The first-order valence-electron chi connectivity index (χ1n) is 10.1. The van der Waals surface area contributed by atoms with Crippen molar-refractivity contribution in [2.45, 2.75) is 13.3 Å². The van der Waals surface area contributed by atoms with Crippen LogP contribution in [0.4, 0.5) is 11.4 Å². The molecule has 0 saturated carbocycles. The van der Waals surface area contributed by atoms with Crippen molar-refractivity contribution in [1.29, 1.82) is 0 Å². The number of hydrogen-bond donors (Lipinski definition) is 1. The second kappa shape index (κ2) is 10.8. The predicted octanol–water partition coefficient (Wildman–Crippen LogP) is 4.93. The van der Waals surface area contributed by atoms with Crippen molar-refractivity contribution in [1.82, 2.24) is 4.90 Å². The van der Waals surface area contributed by atoms with Crippen molar-refractivity contribution < 1.29 is 14.3 Å². The average molecular weight is 551 g/mol. The zero-order chi connectivity index (χ0) is 22.4. The lowest BCUT2D eigenvalue weighted by atomic mass is 10.1. The van der Waals surface area contributed by atoms with E-state index in [1.165, 1.54) is 6.08 Å². The lowest BCUT2D eigenvalue weighted by Gasteiger charge is -2.36. The smallest absolute Gasteiger partial charge is 0.248 e. The largest absolute Gasteiger partial charge is 0.495 e. The maximum atomic E-state index is 12.6. The Bertz CT molecular complexity index is 986. The number of carbonyl (C=O) groups is 2. The second-order valence-electron chi connectivity index (χ2n) is 7.07. The van der Waals surface area contributed by atoms with Crippen LogP contribution >= 0.6 is 31.9 Å². The van der Waals surface area contributed by atoms with Crippen LogP contribution in [-0.2, 0) is 9.59 Å². The third kappa shape index (κ3) is 5.89. The zero-order valence-electron chi connectivity index (χ0n) is 17.5. The first-order chi connectivity index (χ1) is 14.9. The molecule has 0 spiro atoms. The molecule has 8 heteroatoms. The van der Waals surface area contributed by atoms with E-state index >= 15 is 0 Å². The van der Waals surface area contributed by atoms with Crippen LogP contribution in [0.25, 0.3) is 6.08 Å². The van der Waals surface area contributed by atoms with Gasteiger partial charge in [0.05, 0.1) is 23.0 Å². The Hall–Kier alpha value is -2.32. The Morgan fingerprint density at radius 3 is 2.52 bits per heavy atom. The molecule has 3 rings (SSSR count). The van der Waals surface area contributed by atoms with Crippen LogP contribution in [0, 0.1) is 0 Å². The van der Waals surface area contributed by atoms with E-state index in [1.807, 2.05) is 48.2 Å². The summed E-state index contributed by atoms with van der Waals surface area (Å²) in [5, 5.41) is 2.98. The third-order valence-electron chi connectivity index (χ3n) is 5.09. The molecule has 0 aliphatic carbocycles. The average Bonchev–Trinajstić information content (AvgIpc) is 2.77. The predicted molar refractivity (Wildman–Crippen MR) is 132 cm³/mol. The highest BCUT2D eigenvalue weighted by Gasteiger charge is 2.21. The molecule has 0 bridgehead atoms. The van der Waals surface area contributed by atoms with Crippen LogP contribution in [0.2, 0.25) is 0 Å². The summed E-state index contributed by atoms with van der Waals surface area (Å²) in [6.45, 7) is 4.73. The number of anilines is 2. The summed E-state index contributed by atoms with van der Waals surface area (Å²) in [6, 6.07) is 11.5. The Morgan fingerprint density at radius 2 is 1.84 bits per heavy atom. The summed E-state index contributed by atoms with van der Waals surface area (Å²) in [5.41, 5.74) is 2.48. The minimum Gasteiger partial charge on any atom is -0.495 e. The number of piperazine rings is 1. The third-order valence-corrected chi connectivity index (χ3v) is 6.14. The molecule has 6 nitrogen and oxygen atoms in total. The standard InChI is InChI=1S/C23H25Br2N3O3/c1-3-22(30)28-12-10-27(11-13-28)20-7-5-4-6-19(20)26-21(29)9-8-16-14-17(24)15-18(25)23(16)31-2/h4-9,14-15H,3,10-13H2,1-2H3,(H,26,29)/b9-8+. The molecule has 31 heavy (non-hydrogen) atoms.